The van der Waals surface area contributed by atoms with Crippen molar-refractivity contribution in [3.63, 3.8) is 0 Å². The average Bonchev–Trinajstić information content (AvgIpc) is 2.66. The van der Waals surface area contributed by atoms with Crippen molar-refractivity contribution in [1.82, 2.24) is 15.1 Å². The number of amides is 1. The molecular formula is C21H26N4O2. The van der Waals surface area contributed by atoms with Gasteiger partial charge in [-0.1, -0.05) is 30.3 Å². The molecule has 2 aliphatic heterocycles. The summed E-state index contributed by atoms with van der Waals surface area (Å²) in [6, 6.07) is 9.80. The first kappa shape index (κ1) is 17.8. The van der Waals surface area contributed by atoms with E-state index >= 15 is 0 Å². The molecule has 142 valence electrons. The molecule has 2 aromatic rings. The van der Waals surface area contributed by atoms with E-state index in [-0.39, 0.29) is 6.09 Å². The number of hydrogen-bond acceptors (Lipinski definition) is 5. The summed E-state index contributed by atoms with van der Waals surface area (Å²) in [7, 11) is 0. The Morgan fingerprint density at radius 1 is 1.15 bits per heavy atom. The second-order valence-corrected chi connectivity index (χ2v) is 7.41. The van der Waals surface area contributed by atoms with Crippen molar-refractivity contribution in [1.29, 1.82) is 0 Å². The number of nitrogens with zero attached hydrogens (tertiary/aromatic N) is 4. The monoisotopic (exact) mass is 366 g/mol. The van der Waals surface area contributed by atoms with Crippen molar-refractivity contribution in [2.45, 2.75) is 38.7 Å². The molecule has 1 amide bonds. The maximum atomic E-state index is 12.4. The van der Waals surface area contributed by atoms with Gasteiger partial charge >= 0.3 is 6.09 Å². The molecule has 2 aliphatic rings. The van der Waals surface area contributed by atoms with Crippen LogP contribution in [0.25, 0.3) is 0 Å². The summed E-state index contributed by atoms with van der Waals surface area (Å²) in [4.78, 5) is 16.5. The molecule has 0 atom stereocenters. The Balaban J connectivity index is 1.36. The number of hydrogen-bond donors (Lipinski definition) is 0. The molecular weight excluding hydrogens is 340 g/mol. The van der Waals surface area contributed by atoms with Gasteiger partial charge in [-0.15, -0.1) is 5.10 Å². The van der Waals surface area contributed by atoms with Crippen LogP contribution in [0.4, 0.5) is 10.6 Å². The average molecular weight is 366 g/mol. The predicted molar refractivity (Wildman–Crippen MR) is 104 cm³/mol. The van der Waals surface area contributed by atoms with Gasteiger partial charge in [0.2, 0.25) is 0 Å². The largest absolute Gasteiger partial charge is 0.445 e. The molecule has 1 aromatic heterocycles. The predicted octanol–water partition coefficient (Wildman–Crippen LogP) is 3.51. The fourth-order valence-corrected chi connectivity index (χ4v) is 3.90. The Labute approximate surface area is 160 Å². The van der Waals surface area contributed by atoms with Crippen molar-refractivity contribution in [2.24, 2.45) is 0 Å². The Bertz CT molecular complexity index is 784. The molecule has 2 fully saturated rings. The molecule has 4 rings (SSSR count). The lowest BCUT2D eigenvalue weighted by atomic mass is 9.87. The number of likely N-dealkylation sites (tertiary alicyclic amines) is 1. The fraction of sp³-hybridized carbons (Fsp3) is 0.476. The minimum atomic E-state index is -0.218. The summed E-state index contributed by atoms with van der Waals surface area (Å²) in [5.41, 5.74) is 3.54. The maximum Gasteiger partial charge on any atom is 0.410 e. The van der Waals surface area contributed by atoms with Gasteiger partial charge in [0.05, 0.1) is 6.20 Å². The maximum absolute atomic E-state index is 12.4. The quantitative estimate of drug-likeness (QED) is 0.829. The molecule has 0 aliphatic carbocycles. The van der Waals surface area contributed by atoms with Crippen LogP contribution in [0.3, 0.4) is 0 Å². The first-order chi connectivity index (χ1) is 13.2. The number of carbonyl (C=O) groups is 1. The van der Waals surface area contributed by atoms with Gasteiger partial charge in [-0.25, -0.2) is 4.79 Å². The lowest BCUT2D eigenvalue weighted by Gasteiger charge is -2.37. The van der Waals surface area contributed by atoms with E-state index in [1.54, 1.807) is 0 Å². The van der Waals surface area contributed by atoms with Crippen molar-refractivity contribution >= 4 is 11.9 Å². The number of ether oxygens (including phenoxy) is 1. The van der Waals surface area contributed by atoms with E-state index in [0.717, 1.165) is 50.4 Å². The Hall–Kier alpha value is -2.63. The van der Waals surface area contributed by atoms with Gasteiger partial charge in [-0.05, 0) is 43.2 Å². The van der Waals surface area contributed by atoms with Gasteiger partial charge in [0.15, 0.2) is 5.82 Å². The minimum Gasteiger partial charge on any atom is -0.445 e. The minimum absolute atomic E-state index is 0.218. The summed E-state index contributed by atoms with van der Waals surface area (Å²) in [5, 5.41) is 8.59. The molecule has 27 heavy (non-hydrogen) atoms. The number of benzene rings is 1. The van der Waals surface area contributed by atoms with E-state index < -0.39 is 0 Å². The molecule has 2 saturated heterocycles. The van der Waals surface area contributed by atoms with Gasteiger partial charge in [-0.3, -0.25) is 0 Å². The highest BCUT2D eigenvalue weighted by atomic mass is 16.6. The summed E-state index contributed by atoms with van der Waals surface area (Å²) in [6.07, 6.45) is 4.74. The molecule has 0 saturated carbocycles. The lowest BCUT2D eigenvalue weighted by Crippen LogP contribution is -2.41. The van der Waals surface area contributed by atoms with Crippen LogP contribution < -0.4 is 4.90 Å². The van der Waals surface area contributed by atoms with Crippen LogP contribution in [-0.2, 0) is 11.3 Å². The summed E-state index contributed by atoms with van der Waals surface area (Å²) in [5.74, 6) is 1.47. The molecule has 6 heteroatoms. The van der Waals surface area contributed by atoms with Crippen molar-refractivity contribution < 1.29 is 9.53 Å². The van der Waals surface area contributed by atoms with Gasteiger partial charge in [0.25, 0.3) is 0 Å². The lowest BCUT2D eigenvalue weighted by molar-refractivity contribution is 0.0870. The first-order valence-electron chi connectivity index (χ1n) is 9.75. The second kappa shape index (κ2) is 7.94. The molecule has 3 heterocycles. The number of aryl methyl sites for hydroxylation is 1. The number of carbonyl (C=O) groups excluding carboxylic acids is 1. The van der Waals surface area contributed by atoms with E-state index in [1.165, 1.54) is 17.5 Å². The summed E-state index contributed by atoms with van der Waals surface area (Å²) >= 11 is 0. The zero-order valence-corrected chi connectivity index (χ0v) is 15.8. The highest BCUT2D eigenvalue weighted by Crippen LogP contribution is 2.36. The van der Waals surface area contributed by atoms with E-state index in [9.17, 15) is 4.79 Å². The topological polar surface area (TPSA) is 58.6 Å². The van der Waals surface area contributed by atoms with Gasteiger partial charge < -0.3 is 14.5 Å². The van der Waals surface area contributed by atoms with Gasteiger partial charge in [0, 0.05) is 31.7 Å². The molecule has 1 aromatic carbocycles. The van der Waals surface area contributed by atoms with Crippen molar-refractivity contribution in [3.05, 3.63) is 53.2 Å². The van der Waals surface area contributed by atoms with Crippen LogP contribution in [0.5, 0.6) is 0 Å². The summed E-state index contributed by atoms with van der Waals surface area (Å²) < 4.78 is 5.48. The summed E-state index contributed by atoms with van der Waals surface area (Å²) in [6.45, 7) is 6.02. The van der Waals surface area contributed by atoms with E-state index in [2.05, 4.69) is 22.0 Å². The van der Waals surface area contributed by atoms with E-state index in [4.69, 9.17) is 4.74 Å². The van der Waals surface area contributed by atoms with E-state index in [0.29, 0.717) is 12.5 Å². The molecule has 0 radical (unpaired) electrons. The number of piperidine rings is 1. The highest BCUT2D eigenvalue weighted by molar-refractivity contribution is 5.68. The van der Waals surface area contributed by atoms with Crippen LogP contribution in [0, 0.1) is 6.92 Å². The third kappa shape index (κ3) is 3.89. The van der Waals surface area contributed by atoms with Crippen LogP contribution >= 0.6 is 0 Å². The fourth-order valence-electron chi connectivity index (χ4n) is 3.90. The molecule has 0 unspecified atom stereocenters. The Morgan fingerprint density at radius 2 is 1.89 bits per heavy atom. The number of aromatic nitrogens is 2. The van der Waals surface area contributed by atoms with E-state index in [1.807, 2.05) is 41.4 Å². The molecule has 6 nitrogen and oxygen atoms in total. The zero-order valence-electron chi connectivity index (χ0n) is 15.8. The molecule has 0 bridgehead atoms. The smallest absolute Gasteiger partial charge is 0.410 e. The van der Waals surface area contributed by atoms with Gasteiger partial charge in [-0.2, -0.15) is 5.10 Å². The number of anilines is 1. The third-order valence-electron chi connectivity index (χ3n) is 5.59. The third-order valence-corrected chi connectivity index (χ3v) is 5.59. The SMILES string of the molecule is Cc1cnnc(N2CCC2)c1C1CCN(C(=O)OCc2ccccc2)CC1. The first-order valence-corrected chi connectivity index (χ1v) is 9.75. The normalized spacial score (nSPS) is 17.5. The van der Waals surface area contributed by atoms with Crippen LogP contribution in [0.2, 0.25) is 0 Å². The highest BCUT2D eigenvalue weighted by Gasteiger charge is 2.30. The van der Waals surface area contributed by atoms with Crippen molar-refractivity contribution in [2.75, 3.05) is 31.1 Å². The zero-order chi connectivity index (χ0) is 18.6. The van der Waals surface area contributed by atoms with Crippen LogP contribution in [0.15, 0.2) is 36.5 Å². The van der Waals surface area contributed by atoms with Crippen LogP contribution in [-0.4, -0.2) is 47.4 Å². The number of rotatable bonds is 4. The second-order valence-electron chi connectivity index (χ2n) is 7.41. The van der Waals surface area contributed by atoms with Crippen LogP contribution in [0.1, 0.15) is 41.9 Å². The molecule has 0 spiro atoms. The standard InChI is InChI=1S/C21H26N4O2/c1-16-14-22-23-20(24-10-5-11-24)19(16)18-8-12-25(13-9-18)21(26)27-15-17-6-3-2-4-7-17/h2-4,6-7,14,18H,5,8-13,15H2,1H3. The Morgan fingerprint density at radius 3 is 2.56 bits per heavy atom. The molecule has 0 N–H and O–H groups in total. The van der Waals surface area contributed by atoms with Gasteiger partial charge in [0.1, 0.15) is 6.61 Å². The van der Waals surface area contributed by atoms with Crippen molar-refractivity contribution in [3.8, 4) is 0 Å². The Kier molecular flexibility index (Phi) is 5.23.